The molecule has 3 rings (SSSR count). The van der Waals surface area contributed by atoms with Crippen molar-refractivity contribution in [2.45, 2.75) is 13.8 Å². The van der Waals surface area contributed by atoms with Crippen LogP contribution in [0.2, 0.25) is 0 Å². The molecule has 1 aromatic heterocycles. The number of ether oxygens (including phenoxy) is 1. The van der Waals surface area contributed by atoms with Crippen molar-refractivity contribution >= 4 is 17.3 Å². The first-order valence-electron chi connectivity index (χ1n) is 8.20. The van der Waals surface area contributed by atoms with Crippen molar-refractivity contribution in [1.29, 1.82) is 0 Å². The highest BCUT2D eigenvalue weighted by Crippen LogP contribution is 2.28. The Labute approximate surface area is 152 Å². The highest BCUT2D eigenvalue weighted by atomic mass is 16.5. The van der Waals surface area contributed by atoms with E-state index in [4.69, 9.17) is 4.74 Å². The molecule has 0 amide bonds. The number of anilines is 2. The van der Waals surface area contributed by atoms with Crippen molar-refractivity contribution < 1.29 is 14.6 Å². The molecule has 0 aliphatic carbocycles. The lowest BCUT2D eigenvalue weighted by molar-refractivity contribution is 0.0698. The van der Waals surface area contributed by atoms with E-state index in [2.05, 4.69) is 10.3 Å². The number of nitrogens with one attached hydrogen (secondary N) is 1. The molecule has 0 spiro atoms. The minimum Gasteiger partial charge on any atom is -0.497 e. The van der Waals surface area contributed by atoms with Gasteiger partial charge in [0, 0.05) is 5.56 Å². The Hall–Kier alpha value is -3.34. The molecule has 0 unspecified atom stereocenters. The standard InChI is InChI=1S/C21H20N2O3/c1-13-7-8-19(18(9-13)21(24)25)23-16-10-14(2)20(22-12-16)15-5-4-6-17(11-15)26-3/h4-12,23H,1-3H3,(H,24,25). The lowest BCUT2D eigenvalue weighted by atomic mass is 10.1. The Morgan fingerprint density at radius 3 is 2.62 bits per heavy atom. The Bertz CT molecular complexity index is 967. The van der Waals surface area contributed by atoms with E-state index in [1.54, 1.807) is 25.4 Å². The van der Waals surface area contributed by atoms with E-state index in [9.17, 15) is 9.90 Å². The predicted octanol–water partition coefficient (Wildman–Crippen LogP) is 4.82. The fourth-order valence-electron chi connectivity index (χ4n) is 2.82. The van der Waals surface area contributed by atoms with Crippen LogP contribution >= 0.6 is 0 Å². The number of hydrogen-bond acceptors (Lipinski definition) is 4. The summed E-state index contributed by atoms with van der Waals surface area (Å²) in [6, 6.07) is 15.0. The molecule has 0 bridgehead atoms. The number of aromatic carboxylic acids is 1. The molecular weight excluding hydrogens is 328 g/mol. The van der Waals surface area contributed by atoms with Crippen LogP contribution < -0.4 is 10.1 Å². The Morgan fingerprint density at radius 2 is 1.92 bits per heavy atom. The summed E-state index contributed by atoms with van der Waals surface area (Å²) in [4.78, 5) is 16.0. The predicted molar refractivity (Wildman–Crippen MR) is 102 cm³/mol. The fraction of sp³-hybridized carbons (Fsp3) is 0.143. The van der Waals surface area contributed by atoms with Gasteiger partial charge in [0.2, 0.25) is 0 Å². The topological polar surface area (TPSA) is 71.5 Å². The van der Waals surface area contributed by atoms with E-state index in [0.29, 0.717) is 5.69 Å². The van der Waals surface area contributed by atoms with Crippen LogP contribution in [0.25, 0.3) is 11.3 Å². The van der Waals surface area contributed by atoms with Gasteiger partial charge in [0.25, 0.3) is 0 Å². The SMILES string of the molecule is COc1cccc(-c2ncc(Nc3ccc(C)cc3C(=O)O)cc2C)c1. The molecule has 3 aromatic rings. The van der Waals surface area contributed by atoms with Gasteiger partial charge >= 0.3 is 5.97 Å². The van der Waals surface area contributed by atoms with Crippen LogP contribution in [0.5, 0.6) is 5.75 Å². The number of aryl methyl sites for hydroxylation is 2. The Balaban J connectivity index is 1.92. The number of rotatable bonds is 5. The number of carbonyl (C=O) groups is 1. The smallest absolute Gasteiger partial charge is 0.337 e. The van der Waals surface area contributed by atoms with Gasteiger partial charge in [-0.05, 0) is 49.7 Å². The number of pyridine rings is 1. The zero-order valence-corrected chi connectivity index (χ0v) is 14.9. The van der Waals surface area contributed by atoms with E-state index in [-0.39, 0.29) is 5.56 Å². The molecule has 0 radical (unpaired) electrons. The molecule has 2 aromatic carbocycles. The van der Waals surface area contributed by atoms with Crippen LogP contribution in [0.4, 0.5) is 11.4 Å². The summed E-state index contributed by atoms with van der Waals surface area (Å²) in [7, 11) is 1.63. The van der Waals surface area contributed by atoms with E-state index in [1.807, 2.05) is 50.2 Å². The van der Waals surface area contributed by atoms with Crippen LogP contribution in [0.3, 0.4) is 0 Å². The van der Waals surface area contributed by atoms with E-state index < -0.39 is 5.97 Å². The lowest BCUT2D eigenvalue weighted by Gasteiger charge is -2.13. The molecule has 0 fully saturated rings. The molecule has 0 aliphatic rings. The van der Waals surface area contributed by atoms with Gasteiger partial charge in [0.05, 0.1) is 35.9 Å². The van der Waals surface area contributed by atoms with Crippen molar-refractivity contribution in [3.05, 3.63) is 71.4 Å². The summed E-state index contributed by atoms with van der Waals surface area (Å²) in [5.41, 5.74) is 5.22. The first kappa shape index (κ1) is 17.5. The van der Waals surface area contributed by atoms with Gasteiger partial charge in [-0.25, -0.2) is 4.79 Å². The maximum Gasteiger partial charge on any atom is 0.337 e. The number of benzene rings is 2. The van der Waals surface area contributed by atoms with Crippen LogP contribution in [0.1, 0.15) is 21.5 Å². The van der Waals surface area contributed by atoms with Crippen LogP contribution in [0.15, 0.2) is 54.7 Å². The molecule has 0 atom stereocenters. The highest BCUT2D eigenvalue weighted by Gasteiger charge is 2.12. The summed E-state index contributed by atoms with van der Waals surface area (Å²) in [5.74, 6) is -0.189. The van der Waals surface area contributed by atoms with Crippen molar-refractivity contribution in [3.63, 3.8) is 0 Å². The molecule has 132 valence electrons. The van der Waals surface area contributed by atoms with Gasteiger partial charge in [-0.2, -0.15) is 0 Å². The number of methoxy groups -OCH3 is 1. The Morgan fingerprint density at radius 1 is 1.12 bits per heavy atom. The largest absolute Gasteiger partial charge is 0.497 e. The minimum atomic E-state index is -0.964. The van der Waals surface area contributed by atoms with Gasteiger partial charge in [0.15, 0.2) is 0 Å². The maximum absolute atomic E-state index is 11.5. The average molecular weight is 348 g/mol. The molecule has 0 aliphatic heterocycles. The molecule has 5 nitrogen and oxygen atoms in total. The number of aromatic nitrogens is 1. The summed E-state index contributed by atoms with van der Waals surface area (Å²) >= 11 is 0. The summed E-state index contributed by atoms with van der Waals surface area (Å²) in [5, 5.41) is 12.6. The third kappa shape index (κ3) is 3.67. The van der Waals surface area contributed by atoms with Crippen molar-refractivity contribution in [2.75, 3.05) is 12.4 Å². The van der Waals surface area contributed by atoms with Gasteiger partial charge in [-0.15, -0.1) is 0 Å². The molecule has 0 saturated carbocycles. The van der Waals surface area contributed by atoms with Crippen molar-refractivity contribution in [1.82, 2.24) is 4.98 Å². The molecule has 1 heterocycles. The lowest BCUT2D eigenvalue weighted by Crippen LogP contribution is -2.04. The van der Waals surface area contributed by atoms with Crippen LogP contribution in [-0.4, -0.2) is 23.2 Å². The summed E-state index contributed by atoms with van der Waals surface area (Å²) in [6.45, 7) is 3.84. The number of nitrogens with zero attached hydrogens (tertiary/aromatic N) is 1. The quantitative estimate of drug-likeness (QED) is 0.692. The van der Waals surface area contributed by atoms with Gasteiger partial charge in [0.1, 0.15) is 5.75 Å². The molecule has 5 heteroatoms. The summed E-state index contributed by atoms with van der Waals surface area (Å²) < 4.78 is 5.27. The second-order valence-corrected chi connectivity index (χ2v) is 6.10. The molecule has 0 saturated heterocycles. The van der Waals surface area contributed by atoms with Crippen LogP contribution in [0, 0.1) is 13.8 Å². The van der Waals surface area contributed by atoms with Crippen molar-refractivity contribution in [2.24, 2.45) is 0 Å². The minimum absolute atomic E-state index is 0.236. The molecule has 26 heavy (non-hydrogen) atoms. The van der Waals surface area contributed by atoms with Crippen molar-refractivity contribution in [3.8, 4) is 17.0 Å². The summed E-state index contributed by atoms with van der Waals surface area (Å²) in [6.07, 6.45) is 1.70. The average Bonchev–Trinajstić information content (AvgIpc) is 2.63. The zero-order chi connectivity index (χ0) is 18.7. The first-order chi connectivity index (χ1) is 12.5. The number of hydrogen-bond donors (Lipinski definition) is 2. The Kier molecular flexibility index (Phi) is 4.89. The molecule has 2 N–H and O–H groups in total. The first-order valence-corrected chi connectivity index (χ1v) is 8.20. The highest BCUT2D eigenvalue weighted by molar-refractivity contribution is 5.95. The molecular formula is C21H20N2O3. The number of carboxylic acids is 1. The normalized spacial score (nSPS) is 10.4. The van der Waals surface area contributed by atoms with Gasteiger partial charge < -0.3 is 15.2 Å². The third-order valence-corrected chi connectivity index (χ3v) is 4.11. The second kappa shape index (κ2) is 7.27. The van der Waals surface area contributed by atoms with E-state index in [0.717, 1.165) is 33.8 Å². The second-order valence-electron chi connectivity index (χ2n) is 6.10. The maximum atomic E-state index is 11.5. The zero-order valence-electron chi connectivity index (χ0n) is 14.9. The third-order valence-electron chi connectivity index (χ3n) is 4.11. The van der Waals surface area contributed by atoms with E-state index in [1.165, 1.54) is 0 Å². The monoisotopic (exact) mass is 348 g/mol. The van der Waals surface area contributed by atoms with Crippen LogP contribution in [-0.2, 0) is 0 Å². The van der Waals surface area contributed by atoms with E-state index >= 15 is 0 Å². The number of carboxylic acid groups (broad SMARTS) is 1. The van der Waals surface area contributed by atoms with Gasteiger partial charge in [-0.3, -0.25) is 4.98 Å². The van der Waals surface area contributed by atoms with Gasteiger partial charge in [-0.1, -0.05) is 23.8 Å². The fourth-order valence-corrected chi connectivity index (χ4v) is 2.82.